The summed E-state index contributed by atoms with van der Waals surface area (Å²) < 4.78 is 0. The highest BCUT2D eigenvalue weighted by molar-refractivity contribution is 6.33. The molecule has 0 aliphatic heterocycles. The van der Waals surface area contributed by atoms with Crippen molar-refractivity contribution in [3.63, 3.8) is 0 Å². The van der Waals surface area contributed by atoms with E-state index in [1.165, 1.54) is 30.2 Å². The van der Waals surface area contributed by atoms with Gasteiger partial charge in [-0.3, -0.25) is 4.79 Å². The number of hydrogen-bond acceptors (Lipinski definition) is 3. The standard InChI is InChI=1S/C22H22ClN3O/c1-15(17-11-10-16-6-2-3-7-18(16)12-17)26-22(27)19(13-24)14-25-21-9-5-4-8-20(21)23/h4-5,8-12,14-15,25H,2-3,6-7H2,1H3,(H,26,27)/b19-14-. The highest BCUT2D eigenvalue weighted by atomic mass is 35.5. The van der Waals surface area contributed by atoms with Gasteiger partial charge < -0.3 is 10.6 Å². The lowest BCUT2D eigenvalue weighted by Gasteiger charge is -2.20. The molecule has 1 amide bonds. The Balaban J connectivity index is 1.68. The van der Waals surface area contributed by atoms with E-state index >= 15 is 0 Å². The van der Waals surface area contributed by atoms with Gasteiger partial charge >= 0.3 is 0 Å². The van der Waals surface area contributed by atoms with Gasteiger partial charge in [-0.2, -0.15) is 5.26 Å². The van der Waals surface area contributed by atoms with E-state index < -0.39 is 5.91 Å². The van der Waals surface area contributed by atoms with Crippen LogP contribution in [0.2, 0.25) is 5.02 Å². The van der Waals surface area contributed by atoms with Gasteiger partial charge in [0, 0.05) is 6.20 Å². The van der Waals surface area contributed by atoms with Crippen LogP contribution in [0.3, 0.4) is 0 Å². The monoisotopic (exact) mass is 379 g/mol. The first-order valence-corrected chi connectivity index (χ1v) is 9.50. The normalized spacial score (nSPS) is 14.6. The molecule has 0 aromatic heterocycles. The van der Waals surface area contributed by atoms with Gasteiger partial charge in [0.15, 0.2) is 0 Å². The Bertz CT molecular complexity index is 914. The second kappa shape index (κ2) is 8.75. The fourth-order valence-electron chi connectivity index (χ4n) is 3.26. The second-order valence-corrected chi connectivity index (χ2v) is 7.13. The molecule has 0 radical (unpaired) electrons. The van der Waals surface area contributed by atoms with Crippen LogP contribution in [-0.4, -0.2) is 5.91 Å². The van der Waals surface area contributed by atoms with Crippen LogP contribution in [0.25, 0.3) is 0 Å². The minimum atomic E-state index is -0.415. The number of rotatable bonds is 5. The Morgan fingerprint density at radius 3 is 2.67 bits per heavy atom. The van der Waals surface area contributed by atoms with Gasteiger partial charge in [-0.25, -0.2) is 0 Å². The van der Waals surface area contributed by atoms with Crippen molar-refractivity contribution in [2.24, 2.45) is 0 Å². The number of halogens is 1. The predicted octanol–water partition coefficient (Wildman–Crippen LogP) is 4.92. The fourth-order valence-corrected chi connectivity index (χ4v) is 3.45. The maximum absolute atomic E-state index is 12.5. The number of benzene rings is 2. The number of anilines is 1. The van der Waals surface area contributed by atoms with Crippen molar-refractivity contribution >= 4 is 23.2 Å². The number of amides is 1. The molecule has 0 saturated carbocycles. The van der Waals surface area contributed by atoms with Crippen LogP contribution in [0.5, 0.6) is 0 Å². The summed E-state index contributed by atoms with van der Waals surface area (Å²) in [5, 5.41) is 15.7. The van der Waals surface area contributed by atoms with Gasteiger partial charge in [0.2, 0.25) is 0 Å². The van der Waals surface area contributed by atoms with Gasteiger partial charge in [0.25, 0.3) is 5.91 Å². The first kappa shape index (κ1) is 19.0. The van der Waals surface area contributed by atoms with Crippen molar-refractivity contribution in [2.75, 3.05) is 5.32 Å². The Kier molecular flexibility index (Phi) is 6.16. The summed E-state index contributed by atoms with van der Waals surface area (Å²) in [5.74, 6) is -0.415. The van der Waals surface area contributed by atoms with Crippen LogP contribution in [0.15, 0.2) is 54.2 Å². The van der Waals surface area contributed by atoms with Gasteiger partial charge in [0.05, 0.1) is 16.8 Å². The van der Waals surface area contributed by atoms with E-state index in [0.29, 0.717) is 10.7 Å². The molecule has 0 bridgehead atoms. The van der Waals surface area contributed by atoms with Crippen molar-refractivity contribution in [1.82, 2.24) is 5.32 Å². The molecule has 0 fully saturated rings. The van der Waals surface area contributed by atoms with E-state index in [9.17, 15) is 10.1 Å². The fraction of sp³-hybridized carbons (Fsp3) is 0.273. The predicted molar refractivity (Wildman–Crippen MR) is 108 cm³/mol. The van der Waals surface area contributed by atoms with Crippen LogP contribution in [0.1, 0.15) is 42.5 Å². The zero-order valence-electron chi connectivity index (χ0n) is 15.3. The van der Waals surface area contributed by atoms with Crippen LogP contribution in [0, 0.1) is 11.3 Å². The third kappa shape index (κ3) is 4.69. The molecule has 0 saturated heterocycles. The lowest BCUT2D eigenvalue weighted by Crippen LogP contribution is -2.28. The molecule has 27 heavy (non-hydrogen) atoms. The quantitative estimate of drug-likeness (QED) is 0.572. The van der Waals surface area contributed by atoms with Gasteiger partial charge in [-0.1, -0.05) is 41.9 Å². The van der Waals surface area contributed by atoms with E-state index in [1.54, 1.807) is 12.1 Å². The summed E-state index contributed by atoms with van der Waals surface area (Å²) in [6.07, 6.45) is 6.07. The molecule has 3 rings (SSSR count). The molecule has 4 nitrogen and oxygen atoms in total. The minimum Gasteiger partial charge on any atom is -0.359 e. The molecule has 1 atom stereocenters. The summed E-state index contributed by atoms with van der Waals surface area (Å²) in [4.78, 5) is 12.5. The number of hydrogen-bond donors (Lipinski definition) is 2. The zero-order chi connectivity index (χ0) is 19.2. The average molecular weight is 380 g/mol. The molecule has 5 heteroatoms. The van der Waals surface area contributed by atoms with Crippen LogP contribution >= 0.6 is 11.6 Å². The van der Waals surface area contributed by atoms with Gasteiger partial charge in [-0.05, 0) is 61.4 Å². The number of nitriles is 1. The summed E-state index contributed by atoms with van der Waals surface area (Å²) in [6.45, 7) is 1.93. The van der Waals surface area contributed by atoms with Crippen LogP contribution < -0.4 is 10.6 Å². The minimum absolute atomic E-state index is 0.000250. The number of carbonyl (C=O) groups is 1. The number of nitrogens with zero attached hydrogens (tertiary/aromatic N) is 1. The zero-order valence-corrected chi connectivity index (χ0v) is 16.0. The number of nitrogens with one attached hydrogen (secondary N) is 2. The molecule has 0 spiro atoms. The third-order valence-corrected chi connectivity index (χ3v) is 5.16. The maximum atomic E-state index is 12.5. The Hall–Kier alpha value is -2.77. The van der Waals surface area contributed by atoms with Gasteiger partial charge in [-0.15, -0.1) is 0 Å². The van der Waals surface area contributed by atoms with Crippen LogP contribution in [0.4, 0.5) is 5.69 Å². The molecule has 2 aromatic rings. The molecule has 1 aliphatic carbocycles. The summed E-state index contributed by atoms with van der Waals surface area (Å²) in [7, 11) is 0. The first-order chi connectivity index (χ1) is 13.1. The highest BCUT2D eigenvalue weighted by Crippen LogP contribution is 2.25. The largest absolute Gasteiger partial charge is 0.359 e. The molecular formula is C22H22ClN3O. The van der Waals surface area contributed by atoms with Crippen LogP contribution in [-0.2, 0) is 17.6 Å². The van der Waals surface area contributed by atoms with Crippen molar-refractivity contribution in [3.05, 3.63) is 76.0 Å². The van der Waals surface area contributed by atoms with E-state index in [1.807, 2.05) is 25.1 Å². The topological polar surface area (TPSA) is 64.9 Å². The van der Waals surface area contributed by atoms with Crippen molar-refractivity contribution in [2.45, 2.75) is 38.6 Å². The number of aryl methyl sites for hydroxylation is 2. The van der Waals surface area contributed by atoms with Crippen molar-refractivity contribution in [1.29, 1.82) is 5.26 Å². The first-order valence-electron chi connectivity index (χ1n) is 9.12. The van der Waals surface area contributed by atoms with Crippen molar-refractivity contribution < 1.29 is 4.79 Å². The SMILES string of the molecule is CC(NC(=O)/C(C#N)=C\Nc1ccccc1Cl)c1ccc2c(c1)CCCC2. The van der Waals surface area contributed by atoms with E-state index in [0.717, 1.165) is 18.4 Å². The van der Waals surface area contributed by atoms with Crippen molar-refractivity contribution in [3.8, 4) is 6.07 Å². The Morgan fingerprint density at radius 1 is 1.19 bits per heavy atom. The van der Waals surface area contributed by atoms with E-state index in [4.69, 9.17) is 11.6 Å². The molecule has 2 N–H and O–H groups in total. The summed E-state index contributed by atoms with van der Waals surface area (Å²) >= 11 is 6.08. The molecule has 1 aliphatic rings. The molecule has 138 valence electrons. The Morgan fingerprint density at radius 2 is 1.93 bits per heavy atom. The molecular weight excluding hydrogens is 358 g/mol. The highest BCUT2D eigenvalue weighted by Gasteiger charge is 2.16. The number of fused-ring (bicyclic) bond motifs is 1. The second-order valence-electron chi connectivity index (χ2n) is 6.72. The van der Waals surface area contributed by atoms with E-state index in [-0.39, 0.29) is 11.6 Å². The number of carbonyl (C=O) groups excluding carboxylic acids is 1. The Labute approximate surface area is 164 Å². The average Bonchev–Trinajstić information content (AvgIpc) is 2.69. The number of para-hydroxylation sites is 1. The lowest BCUT2D eigenvalue weighted by atomic mass is 9.89. The molecule has 1 unspecified atom stereocenters. The maximum Gasteiger partial charge on any atom is 0.263 e. The molecule has 0 heterocycles. The lowest BCUT2D eigenvalue weighted by molar-refractivity contribution is -0.117. The summed E-state index contributed by atoms with van der Waals surface area (Å²) in [6, 6.07) is 15.3. The molecule has 2 aromatic carbocycles. The smallest absolute Gasteiger partial charge is 0.263 e. The van der Waals surface area contributed by atoms with E-state index in [2.05, 4.69) is 28.8 Å². The third-order valence-electron chi connectivity index (χ3n) is 4.83. The van der Waals surface area contributed by atoms with Gasteiger partial charge in [0.1, 0.15) is 11.6 Å². The summed E-state index contributed by atoms with van der Waals surface area (Å²) in [5.41, 5.74) is 4.48.